The van der Waals surface area contributed by atoms with Crippen LogP contribution >= 0.6 is 0 Å². The molecule has 2 aromatic carbocycles. The number of amides is 1. The van der Waals surface area contributed by atoms with E-state index in [-0.39, 0.29) is 12.5 Å². The molecule has 146 valence electrons. The summed E-state index contributed by atoms with van der Waals surface area (Å²) < 4.78 is 27.4. The summed E-state index contributed by atoms with van der Waals surface area (Å²) in [5, 5.41) is 2.78. The van der Waals surface area contributed by atoms with Crippen LogP contribution in [0.4, 0.5) is 11.4 Å². The molecule has 0 bridgehead atoms. The number of hydrogen-bond donors (Lipinski definition) is 1. The van der Waals surface area contributed by atoms with Gasteiger partial charge in [0.25, 0.3) is 0 Å². The fourth-order valence-corrected chi connectivity index (χ4v) is 3.46. The van der Waals surface area contributed by atoms with Crippen molar-refractivity contribution in [3.8, 4) is 0 Å². The highest BCUT2D eigenvalue weighted by molar-refractivity contribution is 7.90. The molecule has 7 nitrogen and oxygen atoms in total. The van der Waals surface area contributed by atoms with Gasteiger partial charge in [-0.3, -0.25) is 4.79 Å². The average Bonchev–Trinajstić information content (AvgIpc) is 2.65. The normalized spacial score (nSPS) is 11.3. The summed E-state index contributed by atoms with van der Waals surface area (Å²) in [6.45, 7) is 0.0392. The number of benzene rings is 2. The van der Waals surface area contributed by atoms with Crippen molar-refractivity contribution in [1.82, 2.24) is 9.62 Å². The van der Waals surface area contributed by atoms with Gasteiger partial charge in [0, 0.05) is 40.4 Å². The van der Waals surface area contributed by atoms with Crippen molar-refractivity contribution >= 4 is 27.5 Å². The lowest BCUT2D eigenvalue weighted by Gasteiger charge is -2.26. The molecule has 0 aliphatic heterocycles. The van der Waals surface area contributed by atoms with E-state index in [2.05, 4.69) is 5.32 Å². The molecule has 0 saturated heterocycles. The molecule has 0 saturated carbocycles. The van der Waals surface area contributed by atoms with Gasteiger partial charge >= 0.3 is 10.2 Å². The number of carbonyl (C=O) groups is 1. The summed E-state index contributed by atoms with van der Waals surface area (Å²) in [6, 6.07) is 16.4. The lowest BCUT2D eigenvalue weighted by atomic mass is 10.2. The minimum absolute atomic E-state index is 0.291. The largest absolute Gasteiger partial charge is 0.378 e. The molecule has 1 N–H and O–H groups in total. The maximum Gasteiger partial charge on any atom is 0.304 e. The summed E-state index contributed by atoms with van der Waals surface area (Å²) >= 11 is 0. The number of rotatable bonds is 8. The predicted octanol–water partition coefficient (Wildman–Crippen LogP) is 1.68. The summed E-state index contributed by atoms with van der Waals surface area (Å²) in [7, 11) is 3.01. The molecule has 2 aromatic rings. The average molecular weight is 391 g/mol. The van der Waals surface area contributed by atoms with Crippen molar-refractivity contribution in [3.05, 3.63) is 60.2 Å². The van der Waals surface area contributed by atoms with Crippen LogP contribution in [0.2, 0.25) is 0 Å². The molecule has 0 aliphatic carbocycles. The van der Waals surface area contributed by atoms with Gasteiger partial charge < -0.3 is 10.2 Å². The Labute approximate surface area is 161 Å². The molecule has 0 unspecified atom stereocenters. The summed E-state index contributed by atoms with van der Waals surface area (Å²) in [6.07, 6.45) is 0. The number of anilines is 2. The van der Waals surface area contributed by atoms with Crippen molar-refractivity contribution in [1.29, 1.82) is 0 Å². The van der Waals surface area contributed by atoms with Gasteiger partial charge in [-0.1, -0.05) is 30.3 Å². The van der Waals surface area contributed by atoms with E-state index in [4.69, 9.17) is 0 Å². The Morgan fingerprint density at radius 3 is 2.00 bits per heavy atom. The van der Waals surface area contributed by atoms with Crippen LogP contribution < -0.4 is 14.5 Å². The molecule has 1 amide bonds. The van der Waals surface area contributed by atoms with Crippen molar-refractivity contribution in [2.45, 2.75) is 6.54 Å². The Morgan fingerprint density at radius 2 is 1.48 bits per heavy atom. The second-order valence-corrected chi connectivity index (χ2v) is 8.54. The van der Waals surface area contributed by atoms with Crippen molar-refractivity contribution in [2.24, 2.45) is 0 Å². The van der Waals surface area contributed by atoms with Crippen molar-refractivity contribution < 1.29 is 13.2 Å². The molecule has 0 spiro atoms. The highest BCUT2D eigenvalue weighted by Gasteiger charge is 2.26. The zero-order valence-corrected chi connectivity index (χ0v) is 16.9. The lowest BCUT2D eigenvalue weighted by Crippen LogP contribution is -2.45. The second-order valence-electron chi connectivity index (χ2n) is 6.47. The Balaban J connectivity index is 2.08. The molecule has 27 heavy (non-hydrogen) atoms. The third-order valence-corrected chi connectivity index (χ3v) is 5.83. The first kappa shape index (κ1) is 20.7. The molecule has 0 heterocycles. The van der Waals surface area contributed by atoms with Gasteiger partial charge in [-0.25, -0.2) is 4.31 Å². The first-order valence-electron chi connectivity index (χ1n) is 8.50. The molecule has 0 atom stereocenters. The Hall–Kier alpha value is -2.58. The van der Waals surface area contributed by atoms with Crippen LogP contribution in [0.3, 0.4) is 0 Å². The number of para-hydroxylation sites is 1. The van der Waals surface area contributed by atoms with E-state index in [0.29, 0.717) is 12.2 Å². The first-order chi connectivity index (χ1) is 12.7. The van der Waals surface area contributed by atoms with Gasteiger partial charge in [0.2, 0.25) is 5.91 Å². The maximum absolute atomic E-state index is 12.6. The van der Waals surface area contributed by atoms with Crippen LogP contribution in [0.1, 0.15) is 5.56 Å². The van der Waals surface area contributed by atoms with E-state index < -0.39 is 10.2 Å². The first-order valence-corrected chi connectivity index (χ1v) is 9.89. The minimum atomic E-state index is -3.78. The number of nitrogens with zero attached hydrogens (tertiary/aromatic N) is 3. The Bertz CT molecular complexity index is 850. The standard InChI is InChI=1S/C19H26N4O3S/c1-21(2)17-12-10-16(11-13-17)14-20-19(24)15-23(27(25,26)22(3)4)18-8-6-5-7-9-18/h5-13H,14-15H2,1-4H3,(H,20,24). The van der Waals surface area contributed by atoms with Crippen molar-refractivity contribution in [3.63, 3.8) is 0 Å². The topological polar surface area (TPSA) is 73.0 Å². The molecular formula is C19H26N4O3S. The monoisotopic (exact) mass is 390 g/mol. The van der Waals surface area contributed by atoms with E-state index in [1.807, 2.05) is 43.3 Å². The summed E-state index contributed by atoms with van der Waals surface area (Å²) in [5.74, 6) is -0.374. The fraction of sp³-hybridized carbons (Fsp3) is 0.316. The van der Waals surface area contributed by atoms with Crippen LogP contribution in [0.25, 0.3) is 0 Å². The van der Waals surface area contributed by atoms with Crippen LogP contribution in [0.15, 0.2) is 54.6 Å². The van der Waals surface area contributed by atoms with Crippen LogP contribution in [0.5, 0.6) is 0 Å². The quantitative estimate of drug-likeness (QED) is 0.744. The van der Waals surface area contributed by atoms with Gasteiger partial charge in [0.15, 0.2) is 0 Å². The molecule has 2 rings (SSSR count). The maximum atomic E-state index is 12.6. The molecule has 0 radical (unpaired) electrons. The molecule has 8 heteroatoms. The van der Waals surface area contributed by atoms with Gasteiger partial charge in [-0.05, 0) is 29.8 Å². The highest BCUT2D eigenvalue weighted by atomic mass is 32.2. The molecule has 0 fully saturated rings. The third-order valence-electron chi connectivity index (χ3n) is 4.01. The van der Waals surface area contributed by atoms with E-state index in [9.17, 15) is 13.2 Å². The number of nitrogens with one attached hydrogen (secondary N) is 1. The van der Waals surface area contributed by atoms with Crippen LogP contribution in [0, 0.1) is 0 Å². The smallest absolute Gasteiger partial charge is 0.304 e. The minimum Gasteiger partial charge on any atom is -0.378 e. The molecule has 0 aliphatic rings. The number of hydrogen-bond acceptors (Lipinski definition) is 4. The SMILES string of the molecule is CN(C)c1ccc(CNC(=O)CN(c2ccccc2)S(=O)(=O)N(C)C)cc1. The van der Waals surface area contributed by atoms with Crippen LogP contribution in [-0.4, -0.2) is 53.4 Å². The Kier molecular flexibility index (Phi) is 6.81. The summed E-state index contributed by atoms with van der Waals surface area (Å²) in [5.41, 5.74) is 2.45. The van der Waals surface area contributed by atoms with E-state index in [1.165, 1.54) is 14.1 Å². The van der Waals surface area contributed by atoms with Gasteiger partial charge in [-0.15, -0.1) is 0 Å². The molecule has 0 aromatic heterocycles. The number of carbonyl (C=O) groups excluding carboxylic acids is 1. The zero-order valence-electron chi connectivity index (χ0n) is 16.1. The Morgan fingerprint density at radius 1 is 0.889 bits per heavy atom. The highest BCUT2D eigenvalue weighted by Crippen LogP contribution is 2.18. The van der Waals surface area contributed by atoms with Gasteiger partial charge in [-0.2, -0.15) is 12.7 Å². The van der Waals surface area contributed by atoms with Gasteiger partial charge in [0.1, 0.15) is 6.54 Å². The van der Waals surface area contributed by atoms with Crippen LogP contribution in [-0.2, 0) is 21.5 Å². The zero-order chi connectivity index (χ0) is 20.0. The third kappa shape index (κ3) is 5.45. The van der Waals surface area contributed by atoms with E-state index in [1.54, 1.807) is 30.3 Å². The fourth-order valence-electron chi connectivity index (χ4n) is 2.40. The summed E-state index contributed by atoms with van der Waals surface area (Å²) in [4.78, 5) is 14.4. The predicted molar refractivity (Wildman–Crippen MR) is 109 cm³/mol. The van der Waals surface area contributed by atoms with Gasteiger partial charge in [0.05, 0.1) is 5.69 Å². The second kappa shape index (κ2) is 8.88. The van der Waals surface area contributed by atoms with E-state index >= 15 is 0 Å². The van der Waals surface area contributed by atoms with Crippen molar-refractivity contribution in [2.75, 3.05) is 43.9 Å². The lowest BCUT2D eigenvalue weighted by molar-refractivity contribution is -0.119. The molecular weight excluding hydrogens is 364 g/mol. The van der Waals surface area contributed by atoms with E-state index in [0.717, 1.165) is 19.9 Å².